The lowest BCUT2D eigenvalue weighted by molar-refractivity contribution is 0.0951. The zero-order valence-electron chi connectivity index (χ0n) is 18.2. The van der Waals surface area contributed by atoms with Gasteiger partial charge in [0, 0.05) is 30.8 Å². The number of para-hydroxylation sites is 1. The highest BCUT2D eigenvalue weighted by Gasteiger charge is 2.24. The predicted molar refractivity (Wildman–Crippen MR) is 124 cm³/mol. The van der Waals surface area contributed by atoms with Crippen LogP contribution in [-0.4, -0.2) is 51.8 Å². The molecule has 1 fully saturated rings. The van der Waals surface area contributed by atoms with Gasteiger partial charge in [-0.2, -0.15) is 19.6 Å². The fraction of sp³-hybridized carbons (Fsp3) is 0.250. The molecule has 2 N–H and O–H groups in total. The van der Waals surface area contributed by atoms with Crippen molar-refractivity contribution in [2.45, 2.75) is 18.9 Å². The first-order chi connectivity index (χ1) is 16.2. The van der Waals surface area contributed by atoms with Crippen molar-refractivity contribution in [2.75, 3.05) is 25.6 Å². The Hall–Kier alpha value is -3.98. The molecule has 0 spiro atoms. The lowest BCUT2D eigenvalue weighted by atomic mass is 10.1. The number of nitrogens with one attached hydrogen (secondary N) is 2. The molecule has 0 radical (unpaired) electrons. The van der Waals surface area contributed by atoms with Crippen LogP contribution < -0.4 is 15.4 Å². The first-order valence-electron chi connectivity index (χ1n) is 10.8. The second-order valence-corrected chi connectivity index (χ2v) is 7.78. The monoisotopic (exact) mass is 444 g/mol. The Kier molecular flexibility index (Phi) is 5.86. The third kappa shape index (κ3) is 4.78. The highest BCUT2D eigenvalue weighted by atomic mass is 16.5. The van der Waals surface area contributed by atoms with Gasteiger partial charge < -0.3 is 20.1 Å². The molecule has 2 aromatic carbocycles. The zero-order valence-corrected chi connectivity index (χ0v) is 18.2. The second kappa shape index (κ2) is 9.25. The van der Waals surface area contributed by atoms with E-state index in [4.69, 9.17) is 9.47 Å². The lowest BCUT2D eigenvalue weighted by Gasteiger charge is -2.10. The minimum atomic E-state index is -0.0468. The number of methoxy groups -OCH3 is 1. The third-order valence-electron chi connectivity index (χ3n) is 5.26. The summed E-state index contributed by atoms with van der Waals surface area (Å²) >= 11 is 0. The molecule has 1 aliphatic carbocycles. The van der Waals surface area contributed by atoms with Crippen LogP contribution in [0.1, 0.15) is 23.2 Å². The Morgan fingerprint density at radius 1 is 1.09 bits per heavy atom. The largest absolute Gasteiger partial charge is 0.424 e. The van der Waals surface area contributed by atoms with E-state index in [1.165, 1.54) is 0 Å². The van der Waals surface area contributed by atoms with Crippen molar-refractivity contribution in [3.63, 3.8) is 0 Å². The molecule has 1 amide bonds. The highest BCUT2D eigenvalue weighted by Crippen LogP contribution is 2.28. The number of aromatic nitrogens is 4. The molecule has 9 heteroatoms. The minimum absolute atomic E-state index is 0.0468. The van der Waals surface area contributed by atoms with Crippen LogP contribution in [0.15, 0.2) is 60.8 Å². The number of ether oxygens (including phenoxy) is 2. The summed E-state index contributed by atoms with van der Waals surface area (Å²) in [5.74, 6) is 1.08. The van der Waals surface area contributed by atoms with Gasteiger partial charge in [0.2, 0.25) is 5.95 Å². The van der Waals surface area contributed by atoms with Crippen LogP contribution in [-0.2, 0) is 4.74 Å². The first-order valence-corrected chi connectivity index (χ1v) is 10.8. The van der Waals surface area contributed by atoms with Gasteiger partial charge in [0.05, 0.1) is 12.8 Å². The summed E-state index contributed by atoms with van der Waals surface area (Å²) in [5, 5.41) is 10.7. The van der Waals surface area contributed by atoms with Crippen LogP contribution in [0.25, 0.3) is 16.8 Å². The van der Waals surface area contributed by atoms with Gasteiger partial charge in [0.1, 0.15) is 5.75 Å². The molecule has 1 saturated carbocycles. The van der Waals surface area contributed by atoms with Crippen LogP contribution >= 0.6 is 0 Å². The Morgan fingerprint density at radius 3 is 2.61 bits per heavy atom. The smallest absolute Gasteiger partial charge is 0.327 e. The van der Waals surface area contributed by atoms with Gasteiger partial charge >= 0.3 is 6.01 Å². The van der Waals surface area contributed by atoms with Crippen molar-refractivity contribution < 1.29 is 14.3 Å². The van der Waals surface area contributed by atoms with E-state index in [9.17, 15) is 4.79 Å². The topological polar surface area (TPSA) is 103 Å². The molecule has 4 aromatic rings. The molecule has 33 heavy (non-hydrogen) atoms. The molecule has 168 valence electrons. The molecule has 0 atom stereocenters. The van der Waals surface area contributed by atoms with E-state index < -0.39 is 0 Å². The third-order valence-corrected chi connectivity index (χ3v) is 5.26. The average Bonchev–Trinajstić information content (AvgIpc) is 3.55. The molecule has 9 nitrogen and oxygen atoms in total. The number of benzene rings is 2. The van der Waals surface area contributed by atoms with Gasteiger partial charge in [-0.15, -0.1) is 0 Å². The Balaban J connectivity index is 1.48. The van der Waals surface area contributed by atoms with E-state index in [1.807, 2.05) is 54.6 Å². The Bertz CT molecular complexity index is 1250. The lowest BCUT2D eigenvalue weighted by Crippen LogP contribution is -2.25. The second-order valence-electron chi connectivity index (χ2n) is 7.78. The number of carbonyl (C=O) groups is 1. The fourth-order valence-electron chi connectivity index (χ4n) is 3.38. The molecule has 2 heterocycles. The van der Waals surface area contributed by atoms with Crippen LogP contribution in [0.4, 0.5) is 5.95 Å². The Labute approximate surface area is 190 Å². The standard InChI is InChI=1S/C24H24N6O3/c1-32-14-13-25-23-29-24(33-19-5-3-2-4-6-19)28-21-20(15-26-30(21)23)16-7-9-17(10-8-16)22(31)27-18-11-12-18/h2-10,15,18H,11-14H2,1H3,(H,27,31)(H,25,28,29). The number of rotatable bonds is 9. The fourth-order valence-corrected chi connectivity index (χ4v) is 3.38. The predicted octanol–water partition coefficient (Wildman–Crippen LogP) is 3.53. The number of anilines is 1. The maximum atomic E-state index is 12.3. The number of carbonyl (C=O) groups excluding carboxylic acids is 1. The molecule has 0 unspecified atom stereocenters. The average molecular weight is 444 g/mol. The normalized spacial score (nSPS) is 13.1. The van der Waals surface area contributed by atoms with Crippen LogP contribution in [0.5, 0.6) is 11.8 Å². The maximum absolute atomic E-state index is 12.3. The summed E-state index contributed by atoms with van der Waals surface area (Å²) in [6.07, 6.45) is 3.84. The number of amides is 1. The van der Waals surface area contributed by atoms with Crippen molar-refractivity contribution in [2.24, 2.45) is 0 Å². The van der Waals surface area contributed by atoms with E-state index in [-0.39, 0.29) is 11.9 Å². The van der Waals surface area contributed by atoms with Crippen molar-refractivity contribution >= 4 is 17.5 Å². The quantitative estimate of drug-likeness (QED) is 0.381. The van der Waals surface area contributed by atoms with Crippen molar-refractivity contribution in [3.8, 4) is 22.9 Å². The van der Waals surface area contributed by atoms with Gasteiger partial charge in [-0.25, -0.2) is 0 Å². The van der Waals surface area contributed by atoms with E-state index in [2.05, 4.69) is 25.7 Å². The van der Waals surface area contributed by atoms with E-state index in [1.54, 1.807) is 17.8 Å². The highest BCUT2D eigenvalue weighted by molar-refractivity contribution is 5.95. The van der Waals surface area contributed by atoms with Gasteiger partial charge in [-0.1, -0.05) is 30.3 Å². The van der Waals surface area contributed by atoms with E-state index in [0.717, 1.165) is 24.0 Å². The molecular formula is C24H24N6O3. The number of nitrogens with zero attached hydrogens (tertiary/aromatic N) is 4. The Morgan fingerprint density at radius 2 is 1.88 bits per heavy atom. The molecule has 0 bridgehead atoms. The van der Waals surface area contributed by atoms with Crippen LogP contribution in [0, 0.1) is 0 Å². The molecule has 0 aliphatic heterocycles. The van der Waals surface area contributed by atoms with Crippen molar-refractivity contribution in [3.05, 3.63) is 66.4 Å². The van der Waals surface area contributed by atoms with Crippen LogP contribution in [0.3, 0.4) is 0 Å². The minimum Gasteiger partial charge on any atom is -0.424 e. The van der Waals surface area contributed by atoms with Crippen LogP contribution in [0.2, 0.25) is 0 Å². The summed E-state index contributed by atoms with van der Waals surface area (Å²) in [5.41, 5.74) is 2.91. The molecule has 1 aliphatic rings. The van der Waals surface area contributed by atoms with Crippen molar-refractivity contribution in [1.29, 1.82) is 0 Å². The number of hydrogen-bond donors (Lipinski definition) is 2. The summed E-state index contributed by atoms with van der Waals surface area (Å²) in [6, 6.07) is 17.3. The zero-order chi connectivity index (χ0) is 22.6. The summed E-state index contributed by atoms with van der Waals surface area (Å²) in [6.45, 7) is 1.06. The van der Waals surface area contributed by atoms with Gasteiger partial charge in [-0.3, -0.25) is 4.79 Å². The summed E-state index contributed by atoms with van der Waals surface area (Å²) < 4.78 is 12.7. The number of hydrogen-bond acceptors (Lipinski definition) is 7. The summed E-state index contributed by atoms with van der Waals surface area (Å²) in [4.78, 5) is 21.4. The SMILES string of the molecule is COCCNc1nc(Oc2ccccc2)nc2c(-c3ccc(C(=O)NC4CC4)cc3)cnn12. The van der Waals surface area contributed by atoms with Gasteiger partial charge in [0.25, 0.3) is 5.91 Å². The molecular weight excluding hydrogens is 420 g/mol. The molecule has 2 aromatic heterocycles. The van der Waals surface area contributed by atoms with Gasteiger partial charge in [-0.05, 0) is 42.7 Å². The first kappa shape index (κ1) is 20.9. The molecule has 0 saturated heterocycles. The maximum Gasteiger partial charge on any atom is 0.327 e. The van der Waals surface area contributed by atoms with Gasteiger partial charge in [0.15, 0.2) is 5.65 Å². The van der Waals surface area contributed by atoms with Crippen molar-refractivity contribution in [1.82, 2.24) is 24.9 Å². The van der Waals surface area contributed by atoms with E-state index >= 15 is 0 Å². The number of fused-ring (bicyclic) bond motifs is 1. The van der Waals surface area contributed by atoms with E-state index in [0.29, 0.717) is 42.1 Å². The summed E-state index contributed by atoms with van der Waals surface area (Å²) in [7, 11) is 1.64. The molecule has 5 rings (SSSR count).